The monoisotopic (exact) mass is 335 g/mol. The van der Waals surface area contributed by atoms with Crippen LogP contribution in [0.2, 0.25) is 0 Å². The van der Waals surface area contributed by atoms with Crippen molar-refractivity contribution in [2.45, 2.75) is 39.3 Å². The van der Waals surface area contributed by atoms with Crippen molar-refractivity contribution in [3.63, 3.8) is 0 Å². The van der Waals surface area contributed by atoms with Crippen LogP contribution in [0.4, 0.5) is 0 Å². The van der Waals surface area contributed by atoms with Gasteiger partial charge >= 0.3 is 0 Å². The molecule has 2 amide bonds. The van der Waals surface area contributed by atoms with Crippen LogP contribution in [0, 0.1) is 5.92 Å². The molecule has 1 saturated carbocycles. The van der Waals surface area contributed by atoms with Gasteiger partial charge in [0.15, 0.2) is 0 Å². The largest absolute Gasteiger partial charge is 0.375 e. The molecule has 6 heteroatoms. The van der Waals surface area contributed by atoms with Crippen molar-refractivity contribution in [2.75, 3.05) is 26.8 Å². The third kappa shape index (κ3) is 5.09. The van der Waals surface area contributed by atoms with Crippen LogP contribution in [-0.4, -0.2) is 59.0 Å². The number of methoxy groups -OCH3 is 1. The second-order valence-electron chi connectivity index (χ2n) is 6.96. The van der Waals surface area contributed by atoms with E-state index in [0.29, 0.717) is 25.0 Å². The number of nitrogens with zero attached hydrogens (tertiary/aromatic N) is 3. The van der Waals surface area contributed by atoms with Gasteiger partial charge in [-0.15, -0.1) is 0 Å². The second kappa shape index (κ2) is 8.33. The standard InChI is InChI=1S/C18H29N3O3/c1-14(2)10-20(18(23)13-24-4)12-17(22)21(15-7-8-15)11-16-6-5-9-19(16)3/h5-6,9,14-15H,7-8,10-13H2,1-4H3. The van der Waals surface area contributed by atoms with E-state index in [4.69, 9.17) is 4.74 Å². The number of ether oxygens (including phenoxy) is 1. The third-order valence-corrected chi connectivity index (χ3v) is 4.22. The molecule has 1 aliphatic carbocycles. The van der Waals surface area contributed by atoms with Crippen molar-refractivity contribution < 1.29 is 14.3 Å². The Morgan fingerprint density at radius 3 is 2.54 bits per heavy atom. The summed E-state index contributed by atoms with van der Waals surface area (Å²) in [6, 6.07) is 4.33. The minimum absolute atomic E-state index is 0.0151. The lowest BCUT2D eigenvalue weighted by Crippen LogP contribution is -2.46. The van der Waals surface area contributed by atoms with Crippen molar-refractivity contribution in [3.05, 3.63) is 24.0 Å². The molecule has 0 N–H and O–H groups in total. The Bertz CT molecular complexity index is 564. The number of carbonyl (C=O) groups is 2. The Kier molecular flexibility index (Phi) is 6.43. The van der Waals surface area contributed by atoms with E-state index in [1.165, 1.54) is 7.11 Å². The Balaban J connectivity index is 2.04. The molecule has 1 aromatic heterocycles. The summed E-state index contributed by atoms with van der Waals surface area (Å²) in [7, 11) is 3.48. The number of aromatic nitrogens is 1. The van der Waals surface area contributed by atoms with Crippen LogP contribution in [0.3, 0.4) is 0 Å². The first-order valence-electron chi connectivity index (χ1n) is 8.58. The van der Waals surface area contributed by atoms with E-state index in [9.17, 15) is 9.59 Å². The van der Waals surface area contributed by atoms with Gasteiger partial charge in [-0.3, -0.25) is 9.59 Å². The van der Waals surface area contributed by atoms with Crippen LogP contribution in [-0.2, 0) is 27.9 Å². The molecule has 6 nitrogen and oxygen atoms in total. The summed E-state index contributed by atoms with van der Waals surface area (Å²) in [5.41, 5.74) is 1.11. The van der Waals surface area contributed by atoms with Crippen molar-refractivity contribution in [1.29, 1.82) is 0 Å². The lowest BCUT2D eigenvalue weighted by molar-refractivity contribution is -0.143. The molecule has 0 spiro atoms. The molecule has 0 bridgehead atoms. The minimum Gasteiger partial charge on any atom is -0.375 e. The zero-order chi connectivity index (χ0) is 17.7. The molecule has 2 rings (SSSR count). The molecule has 24 heavy (non-hydrogen) atoms. The first-order chi connectivity index (χ1) is 11.4. The Hall–Kier alpha value is -1.82. The zero-order valence-corrected chi connectivity index (χ0v) is 15.2. The van der Waals surface area contributed by atoms with Gasteiger partial charge in [0.25, 0.3) is 0 Å². The number of amides is 2. The smallest absolute Gasteiger partial charge is 0.249 e. The van der Waals surface area contributed by atoms with Crippen molar-refractivity contribution in [3.8, 4) is 0 Å². The summed E-state index contributed by atoms with van der Waals surface area (Å²) in [6.07, 6.45) is 4.08. The van der Waals surface area contributed by atoms with Gasteiger partial charge in [0.1, 0.15) is 6.61 Å². The van der Waals surface area contributed by atoms with Crippen LogP contribution in [0.1, 0.15) is 32.4 Å². The molecule has 0 radical (unpaired) electrons. The second-order valence-corrected chi connectivity index (χ2v) is 6.96. The van der Waals surface area contributed by atoms with E-state index in [1.807, 2.05) is 48.7 Å². The lowest BCUT2D eigenvalue weighted by Gasteiger charge is -2.28. The van der Waals surface area contributed by atoms with E-state index in [0.717, 1.165) is 18.5 Å². The normalized spacial score (nSPS) is 14.0. The van der Waals surface area contributed by atoms with Gasteiger partial charge in [-0.2, -0.15) is 0 Å². The zero-order valence-electron chi connectivity index (χ0n) is 15.2. The fourth-order valence-corrected chi connectivity index (χ4v) is 2.81. The number of rotatable bonds is 9. The lowest BCUT2D eigenvalue weighted by atomic mass is 10.2. The van der Waals surface area contributed by atoms with Gasteiger partial charge < -0.3 is 19.1 Å². The molecule has 134 valence electrons. The molecule has 1 aliphatic rings. The van der Waals surface area contributed by atoms with E-state index in [-0.39, 0.29) is 25.0 Å². The Morgan fingerprint density at radius 1 is 1.33 bits per heavy atom. The highest BCUT2D eigenvalue weighted by molar-refractivity contribution is 5.85. The molecule has 0 unspecified atom stereocenters. The fourth-order valence-electron chi connectivity index (χ4n) is 2.81. The first kappa shape index (κ1) is 18.5. The van der Waals surface area contributed by atoms with Gasteiger partial charge in [-0.1, -0.05) is 13.8 Å². The van der Waals surface area contributed by atoms with E-state index >= 15 is 0 Å². The molecule has 1 fully saturated rings. The topological polar surface area (TPSA) is 54.8 Å². The number of aryl methyl sites for hydroxylation is 1. The number of carbonyl (C=O) groups excluding carboxylic acids is 2. The highest BCUT2D eigenvalue weighted by Gasteiger charge is 2.34. The van der Waals surface area contributed by atoms with Crippen LogP contribution in [0.15, 0.2) is 18.3 Å². The summed E-state index contributed by atoms with van der Waals surface area (Å²) in [5.74, 6) is 0.193. The molecule has 0 atom stereocenters. The third-order valence-electron chi connectivity index (χ3n) is 4.22. The van der Waals surface area contributed by atoms with Gasteiger partial charge in [-0.25, -0.2) is 0 Å². The average Bonchev–Trinajstić information content (AvgIpc) is 3.27. The van der Waals surface area contributed by atoms with Gasteiger partial charge in [-0.05, 0) is 30.9 Å². The first-order valence-corrected chi connectivity index (χ1v) is 8.58. The van der Waals surface area contributed by atoms with Crippen molar-refractivity contribution >= 4 is 11.8 Å². The van der Waals surface area contributed by atoms with Crippen molar-refractivity contribution in [1.82, 2.24) is 14.4 Å². The van der Waals surface area contributed by atoms with E-state index in [1.54, 1.807) is 4.90 Å². The fraction of sp³-hybridized carbons (Fsp3) is 0.667. The van der Waals surface area contributed by atoms with Crippen molar-refractivity contribution in [2.24, 2.45) is 13.0 Å². The molecule has 0 aromatic carbocycles. The maximum absolute atomic E-state index is 12.8. The molecule has 0 aliphatic heterocycles. The SMILES string of the molecule is COCC(=O)N(CC(=O)N(Cc1cccn1C)C1CC1)CC(C)C. The average molecular weight is 335 g/mol. The highest BCUT2D eigenvalue weighted by Crippen LogP contribution is 2.28. The van der Waals surface area contributed by atoms with Crippen LogP contribution in [0.5, 0.6) is 0 Å². The Morgan fingerprint density at radius 2 is 2.04 bits per heavy atom. The predicted molar refractivity (Wildman–Crippen MR) is 92.3 cm³/mol. The predicted octanol–water partition coefficient (Wildman–Crippen LogP) is 1.65. The molecular weight excluding hydrogens is 306 g/mol. The van der Waals surface area contributed by atoms with E-state index < -0.39 is 0 Å². The molecular formula is C18H29N3O3. The Labute approximate surface area is 144 Å². The maximum Gasteiger partial charge on any atom is 0.249 e. The van der Waals surface area contributed by atoms with E-state index in [2.05, 4.69) is 0 Å². The number of hydrogen-bond donors (Lipinski definition) is 0. The number of hydrogen-bond acceptors (Lipinski definition) is 3. The maximum atomic E-state index is 12.8. The summed E-state index contributed by atoms with van der Waals surface area (Å²) in [6.45, 7) is 5.39. The summed E-state index contributed by atoms with van der Waals surface area (Å²) < 4.78 is 6.98. The van der Waals surface area contributed by atoms with Crippen LogP contribution < -0.4 is 0 Å². The van der Waals surface area contributed by atoms with Gasteiger partial charge in [0.05, 0.1) is 13.1 Å². The van der Waals surface area contributed by atoms with Gasteiger partial charge in [0, 0.05) is 38.6 Å². The van der Waals surface area contributed by atoms with Crippen LogP contribution in [0.25, 0.3) is 0 Å². The van der Waals surface area contributed by atoms with Crippen LogP contribution >= 0.6 is 0 Å². The summed E-state index contributed by atoms with van der Waals surface area (Å²) in [5, 5.41) is 0. The quantitative estimate of drug-likeness (QED) is 0.689. The molecule has 1 heterocycles. The summed E-state index contributed by atoms with van der Waals surface area (Å²) in [4.78, 5) is 28.6. The molecule has 1 aromatic rings. The van der Waals surface area contributed by atoms with Gasteiger partial charge in [0.2, 0.25) is 11.8 Å². The highest BCUT2D eigenvalue weighted by atomic mass is 16.5. The minimum atomic E-state index is -0.130. The summed E-state index contributed by atoms with van der Waals surface area (Å²) >= 11 is 0. The molecule has 0 saturated heterocycles.